The SMILES string of the molecule is Cc1ccccc1-c1noc(CNS(=O)(=O)c2ccc(OC(C)C)cc2)n1. The smallest absolute Gasteiger partial charge is 0.242 e. The van der Waals surface area contributed by atoms with Crippen molar-refractivity contribution in [1.82, 2.24) is 14.9 Å². The predicted molar refractivity (Wildman–Crippen MR) is 101 cm³/mol. The first-order valence-electron chi connectivity index (χ1n) is 8.50. The van der Waals surface area contributed by atoms with Crippen LogP contribution in [0.15, 0.2) is 57.9 Å². The van der Waals surface area contributed by atoms with Gasteiger partial charge in [0.05, 0.1) is 17.5 Å². The van der Waals surface area contributed by atoms with Crippen LogP contribution in [0.3, 0.4) is 0 Å². The molecule has 8 heteroatoms. The minimum absolute atomic E-state index is 0.0190. The molecule has 0 fully saturated rings. The highest BCUT2D eigenvalue weighted by Gasteiger charge is 2.17. The maximum atomic E-state index is 12.4. The number of sulfonamides is 1. The Bertz CT molecular complexity index is 1010. The van der Waals surface area contributed by atoms with Crippen LogP contribution in [0.1, 0.15) is 25.3 Å². The lowest BCUT2D eigenvalue weighted by Crippen LogP contribution is -2.23. The lowest BCUT2D eigenvalue weighted by molar-refractivity contribution is 0.242. The molecule has 0 radical (unpaired) electrons. The van der Waals surface area contributed by atoms with Gasteiger partial charge in [-0.3, -0.25) is 0 Å². The number of ether oxygens (including phenoxy) is 1. The van der Waals surface area contributed by atoms with Gasteiger partial charge in [0.15, 0.2) is 0 Å². The second kappa shape index (κ2) is 7.89. The van der Waals surface area contributed by atoms with Crippen molar-refractivity contribution in [2.45, 2.75) is 38.3 Å². The molecule has 1 heterocycles. The zero-order chi connectivity index (χ0) is 19.4. The number of nitrogens with zero attached hydrogens (tertiary/aromatic N) is 2. The van der Waals surface area contributed by atoms with Gasteiger partial charge in [-0.2, -0.15) is 4.98 Å². The van der Waals surface area contributed by atoms with Gasteiger partial charge in [0.25, 0.3) is 0 Å². The lowest BCUT2D eigenvalue weighted by atomic mass is 10.1. The summed E-state index contributed by atoms with van der Waals surface area (Å²) in [6.07, 6.45) is 0.0190. The van der Waals surface area contributed by atoms with Crippen LogP contribution in [-0.2, 0) is 16.6 Å². The molecule has 0 aliphatic rings. The van der Waals surface area contributed by atoms with E-state index in [1.54, 1.807) is 12.1 Å². The fourth-order valence-corrected chi connectivity index (χ4v) is 3.44. The molecule has 2 aromatic carbocycles. The molecule has 3 rings (SSSR count). The van der Waals surface area contributed by atoms with E-state index in [0.29, 0.717) is 11.6 Å². The van der Waals surface area contributed by atoms with Gasteiger partial charge in [-0.15, -0.1) is 0 Å². The Morgan fingerprint density at radius 3 is 2.48 bits per heavy atom. The van der Waals surface area contributed by atoms with Crippen molar-refractivity contribution >= 4 is 10.0 Å². The van der Waals surface area contributed by atoms with Crippen LogP contribution in [0.2, 0.25) is 0 Å². The van der Waals surface area contributed by atoms with E-state index < -0.39 is 10.0 Å². The van der Waals surface area contributed by atoms with Gasteiger partial charge in [0.1, 0.15) is 5.75 Å². The Morgan fingerprint density at radius 2 is 1.81 bits per heavy atom. The number of rotatable bonds is 7. The second-order valence-electron chi connectivity index (χ2n) is 6.29. The lowest BCUT2D eigenvalue weighted by Gasteiger charge is -2.10. The molecule has 0 saturated heterocycles. The van der Waals surface area contributed by atoms with Gasteiger partial charge in [0, 0.05) is 5.56 Å². The first kappa shape index (κ1) is 19.1. The van der Waals surface area contributed by atoms with Gasteiger partial charge < -0.3 is 9.26 Å². The summed E-state index contributed by atoms with van der Waals surface area (Å²) in [6.45, 7) is 5.66. The highest BCUT2D eigenvalue weighted by molar-refractivity contribution is 7.89. The molecular formula is C19H21N3O4S. The number of nitrogens with one attached hydrogen (secondary N) is 1. The molecule has 0 saturated carbocycles. The first-order chi connectivity index (χ1) is 12.8. The molecule has 1 N–H and O–H groups in total. The maximum Gasteiger partial charge on any atom is 0.242 e. The standard InChI is InChI=1S/C19H21N3O4S/c1-13(2)25-15-8-10-16(11-9-15)27(23,24)20-12-18-21-19(22-26-18)17-7-5-4-6-14(17)3/h4-11,13,20H,12H2,1-3H3. The Kier molecular flexibility index (Phi) is 5.57. The highest BCUT2D eigenvalue weighted by Crippen LogP contribution is 2.20. The molecule has 0 unspecified atom stereocenters. The highest BCUT2D eigenvalue weighted by atomic mass is 32.2. The molecule has 0 amide bonds. The van der Waals surface area contributed by atoms with E-state index in [2.05, 4.69) is 14.9 Å². The molecule has 0 aliphatic heterocycles. The quantitative estimate of drug-likeness (QED) is 0.668. The fraction of sp³-hybridized carbons (Fsp3) is 0.263. The van der Waals surface area contributed by atoms with Crippen LogP contribution in [0.4, 0.5) is 0 Å². The number of aryl methyl sites for hydroxylation is 1. The molecule has 0 atom stereocenters. The minimum Gasteiger partial charge on any atom is -0.491 e. The van der Waals surface area contributed by atoms with E-state index in [-0.39, 0.29) is 23.4 Å². The molecular weight excluding hydrogens is 366 g/mol. The van der Waals surface area contributed by atoms with E-state index in [1.165, 1.54) is 12.1 Å². The van der Waals surface area contributed by atoms with E-state index in [9.17, 15) is 8.42 Å². The van der Waals surface area contributed by atoms with E-state index >= 15 is 0 Å². The van der Waals surface area contributed by atoms with E-state index in [4.69, 9.17) is 9.26 Å². The predicted octanol–water partition coefficient (Wildman–Crippen LogP) is 3.31. The third kappa shape index (κ3) is 4.72. The maximum absolute atomic E-state index is 12.4. The molecule has 142 valence electrons. The largest absolute Gasteiger partial charge is 0.491 e. The minimum atomic E-state index is -3.70. The summed E-state index contributed by atoms with van der Waals surface area (Å²) in [5.41, 5.74) is 1.85. The summed E-state index contributed by atoms with van der Waals surface area (Å²) in [4.78, 5) is 4.40. The van der Waals surface area contributed by atoms with Crippen molar-refractivity contribution in [1.29, 1.82) is 0 Å². The Balaban J connectivity index is 1.68. The summed E-state index contributed by atoms with van der Waals surface area (Å²) in [5, 5.41) is 3.92. The average Bonchev–Trinajstić information content (AvgIpc) is 3.09. The number of benzene rings is 2. The molecule has 1 aromatic heterocycles. The second-order valence-corrected chi connectivity index (χ2v) is 8.06. The Morgan fingerprint density at radius 1 is 1.11 bits per heavy atom. The van der Waals surface area contributed by atoms with E-state index in [1.807, 2.05) is 45.0 Å². The van der Waals surface area contributed by atoms with Gasteiger partial charge in [-0.25, -0.2) is 13.1 Å². The summed E-state index contributed by atoms with van der Waals surface area (Å²) in [7, 11) is -3.70. The molecule has 3 aromatic rings. The summed E-state index contributed by atoms with van der Waals surface area (Å²) < 4.78 is 38.0. The number of aromatic nitrogens is 2. The van der Waals surface area contributed by atoms with E-state index in [0.717, 1.165) is 11.1 Å². The Labute approximate surface area is 158 Å². The molecule has 0 bridgehead atoms. The van der Waals surface area contributed by atoms with Crippen molar-refractivity contribution in [2.75, 3.05) is 0 Å². The summed E-state index contributed by atoms with van der Waals surface area (Å²) in [6, 6.07) is 13.9. The third-order valence-electron chi connectivity index (χ3n) is 3.77. The molecule has 0 aliphatic carbocycles. The van der Waals surface area contributed by atoms with Crippen LogP contribution < -0.4 is 9.46 Å². The monoisotopic (exact) mass is 387 g/mol. The van der Waals surface area contributed by atoms with Crippen molar-refractivity contribution in [3.05, 3.63) is 60.0 Å². The zero-order valence-corrected chi connectivity index (χ0v) is 16.2. The molecule has 27 heavy (non-hydrogen) atoms. The first-order valence-corrected chi connectivity index (χ1v) is 9.98. The summed E-state index contributed by atoms with van der Waals surface area (Å²) in [5.74, 6) is 1.23. The zero-order valence-electron chi connectivity index (χ0n) is 15.3. The molecule has 0 spiro atoms. The van der Waals surface area contributed by atoms with Crippen LogP contribution in [0, 0.1) is 6.92 Å². The van der Waals surface area contributed by atoms with Crippen molar-refractivity contribution in [3.63, 3.8) is 0 Å². The normalized spacial score (nSPS) is 11.7. The molecule has 7 nitrogen and oxygen atoms in total. The Hall–Kier alpha value is -2.71. The van der Waals surface area contributed by atoms with Gasteiger partial charge in [-0.05, 0) is 50.6 Å². The topological polar surface area (TPSA) is 94.3 Å². The van der Waals surface area contributed by atoms with Crippen LogP contribution in [-0.4, -0.2) is 24.7 Å². The number of hydrogen-bond donors (Lipinski definition) is 1. The van der Waals surface area contributed by atoms with Crippen LogP contribution in [0.5, 0.6) is 5.75 Å². The third-order valence-corrected chi connectivity index (χ3v) is 5.19. The van der Waals surface area contributed by atoms with Gasteiger partial charge in [0.2, 0.25) is 21.7 Å². The number of hydrogen-bond acceptors (Lipinski definition) is 6. The van der Waals surface area contributed by atoms with Crippen molar-refractivity contribution in [2.24, 2.45) is 0 Å². The average molecular weight is 387 g/mol. The van der Waals surface area contributed by atoms with Gasteiger partial charge >= 0.3 is 0 Å². The summed E-state index contributed by atoms with van der Waals surface area (Å²) >= 11 is 0. The van der Waals surface area contributed by atoms with Crippen LogP contribution in [0.25, 0.3) is 11.4 Å². The van der Waals surface area contributed by atoms with Crippen LogP contribution >= 0.6 is 0 Å². The van der Waals surface area contributed by atoms with Gasteiger partial charge in [-0.1, -0.05) is 29.4 Å². The van der Waals surface area contributed by atoms with Crippen molar-refractivity contribution < 1.29 is 17.7 Å². The van der Waals surface area contributed by atoms with Crippen molar-refractivity contribution in [3.8, 4) is 17.1 Å². The fourth-order valence-electron chi connectivity index (χ4n) is 2.47.